The summed E-state index contributed by atoms with van der Waals surface area (Å²) in [6, 6.07) is 55.0. The zero-order valence-corrected chi connectivity index (χ0v) is 46.1. The fourth-order valence-electron chi connectivity index (χ4n) is 10.4. The first kappa shape index (κ1) is 49.8. The van der Waals surface area contributed by atoms with Crippen LogP contribution < -0.4 is 14.3 Å². The van der Waals surface area contributed by atoms with E-state index in [1.165, 1.54) is 33.0 Å². The second kappa shape index (κ2) is 19.4. The second-order valence-electron chi connectivity index (χ2n) is 21.4. The van der Waals surface area contributed by atoms with E-state index in [4.69, 9.17) is 8.83 Å². The molecule has 0 fully saturated rings. The molecule has 4 aromatic heterocycles. The third-order valence-corrected chi connectivity index (χ3v) is 15.8. The van der Waals surface area contributed by atoms with Crippen molar-refractivity contribution in [3.05, 3.63) is 226 Å². The summed E-state index contributed by atoms with van der Waals surface area (Å²) in [6.45, 7) is 27.5. The van der Waals surface area contributed by atoms with Crippen LogP contribution in [0.1, 0.15) is 48.6 Å². The Hall–Kier alpha value is -7.21. The number of furan rings is 2. The average Bonchev–Trinajstić information content (AvgIpc) is 3.92. The minimum Gasteiger partial charge on any atom is -0.469 e. The quantitative estimate of drug-likeness (QED) is 0.0905. The smallest absolute Gasteiger partial charge is 0.135 e. The van der Waals surface area contributed by atoms with Gasteiger partial charge >= 0.3 is 0 Å². The van der Waals surface area contributed by atoms with Crippen LogP contribution in [0.3, 0.4) is 0 Å². The molecule has 0 N–H and O–H groups in total. The summed E-state index contributed by atoms with van der Waals surface area (Å²) >= 11 is 0. The van der Waals surface area contributed by atoms with E-state index in [9.17, 15) is 0 Å². The van der Waals surface area contributed by atoms with Gasteiger partial charge in [0.15, 0.2) is 0 Å². The van der Waals surface area contributed by atoms with E-state index in [0.717, 1.165) is 106 Å². The molecule has 0 bridgehead atoms. The van der Waals surface area contributed by atoms with Crippen molar-refractivity contribution in [2.45, 2.75) is 60.7 Å². The zero-order valence-electron chi connectivity index (χ0n) is 42.7. The normalized spacial score (nSPS) is 11.8. The van der Waals surface area contributed by atoms with Gasteiger partial charge in [-0.25, -0.2) is 0 Å². The van der Waals surface area contributed by atoms with Crippen molar-refractivity contribution in [1.82, 2.24) is 0 Å². The Morgan fingerprint density at radius 1 is 0.500 bits per heavy atom. The number of hydrogen-bond donors (Lipinski definition) is 0. The fourth-order valence-corrected chi connectivity index (χ4v) is 12.0. The number of nitrogens with zero attached hydrogens (tertiary/aromatic N) is 2. The number of benzene rings is 7. The van der Waals surface area contributed by atoms with Gasteiger partial charge in [-0.3, -0.25) is 0 Å². The van der Waals surface area contributed by atoms with Crippen molar-refractivity contribution >= 4 is 57.1 Å². The van der Waals surface area contributed by atoms with Crippen molar-refractivity contribution in [3.63, 3.8) is 0 Å². The monoisotopic (exact) mass is 1140 g/mol. The average molecular weight is 1140 g/mol. The molecule has 0 saturated carbocycles. The predicted octanol–water partition coefficient (Wildman–Crippen LogP) is 16.5. The Labute approximate surface area is 440 Å². The molecule has 7 aromatic carbocycles. The van der Waals surface area contributed by atoms with E-state index in [1.54, 1.807) is 0 Å². The van der Waals surface area contributed by atoms with Gasteiger partial charge < -0.3 is 18.0 Å². The van der Waals surface area contributed by atoms with E-state index in [-0.39, 0.29) is 25.5 Å². The van der Waals surface area contributed by atoms with Gasteiger partial charge in [0.25, 0.3) is 0 Å². The molecular weight excluding hydrogens is 1070 g/mol. The second-order valence-corrected chi connectivity index (χ2v) is 26.4. The summed E-state index contributed by atoms with van der Waals surface area (Å²) in [7, 11) is 7.28. The molecule has 4 nitrogen and oxygen atoms in total. The molecule has 0 aliphatic rings. The SMILES string of the molecule is [CH2-]c1cc(-c2ccc3oc4ccccc4c3c2)c2c(oc3ccccc32)c1-c1cc(C)c(-c2ccccc2)c[n+]1[CH2-].[CH2-]c1cc(-c2ccccc2)c(C)cc1-c1cc(CC(C)(C)C)c([Si](C)(C)C)c[n+]1[CH2-].[Ir]. The maximum atomic E-state index is 6.63. The summed E-state index contributed by atoms with van der Waals surface area (Å²) in [6.07, 6.45) is 5.44. The van der Waals surface area contributed by atoms with Gasteiger partial charge in [0.1, 0.15) is 16.7 Å². The number of pyridine rings is 2. The molecule has 11 rings (SSSR count). The maximum Gasteiger partial charge on any atom is 0.135 e. The van der Waals surface area contributed by atoms with Crippen LogP contribution >= 0.6 is 0 Å². The van der Waals surface area contributed by atoms with Crippen LogP contribution in [-0.2, 0) is 26.5 Å². The molecule has 0 aliphatic heterocycles. The number of aromatic nitrogens is 2. The molecule has 363 valence electrons. The Morgan fingerprint density at radius 3 is 1.71 bits per heavy atom. The number of fused-ring (bicyclic) bond motifs is 6. The van der Waals surface area contributed by atoms with Crippen LogP contribution in [0.15, 0.2) is 179 Å². The van der Waals surface area contributed by atoms with Crippen molar-refractivity contribution < 1.29 is 38.1 Å². The third-order valence-electron chi connectivity index (χ3n) is 13.7. The number of aryl methyl sites for hydroxylation is 2. The summed E-state index contributed by atoms with van der Waals surface area (Å²) in [5, 5.41) is 5.84. The molecule has 0 amide bonds. The van der Waals surface area contributed by atoms with Gasteiger partial charge in [-0.15, -0.1) is 11.6 Å². The van der Waals surface area contributed by atoms with Gasteiger partial charge in [0, 0.05) is 55.7 Å². The number of para-hydroxylation sites is 2. The zero-order chi connectivity index (χ0) is 49.9. The molecule has 1 radical (unpaired) electrons. The molecule has 0 saturated heterocycles. The Balaban J connectivity index is 0.000000185. The third kappa shape index (κ3) is 9.51. The molecule has 4 heterocycles. The molecule has 6 heteroatoms. The largest absolute Gasteiger partial charge is 0.469 e. The van der Waals surface area contributed by atoms with Crippen molar-refractivity contribution in [2.75, 3.05) is 0 Å². The first-order valence-corrected chi connectivity index (χ1v) is 28.0. The number of hydrogen-bond acceptors (Lipinski definition) is 2. The summed E-state index contributed by atoms with van der Waals surface area (Å²) in [5.74, 6) is 0. The minimum absolute atomic E-state index is 0. The number of rotatable bonds is 7. The van der Waals surface area contributed by atoms with E-state index in [2.05, 4.69) is 220 Å². The van der Waals surface area contributed by atoms with Gasteiger partial charge in [-0.05, 0) is 77.4 Å². The maximum absolute atomic E-state index is 6.63. The topological polar surface area (TPSA) is 34.0 Å². The minimum atomic E-state index is -1.49. The predicted molar refractivity (Wildman–Crippen MR) is 301 cm³/mol. The van der Waals surface area contributed by atoms with Gasteiger partial charge in [-0.2, -0.15) is 37.1 Å². The Morgan fingerprint density at radius 2 is 1.06 bits per heavy atom. The van der Waals surface area contributed by atoms with Crippen LogP contribution in [0.25, 0.3) is 99.8 Å². The van der Waals surface area contributed by atoms with Crippen LogP contribution in [0.5, 0.6) is 0 Å². The van der Waals surface area contributed by atoms with Crippen molar-refractivity contribution in [1.29, 1.82) is 0 Å². The summed E-state index contributed by atoms with van der Waals surface area (Å²) in [4.78, 5) is 0. The van der Waals surface area contributed by atoms with Gasteiger partial charge in [0.05, 0.1) is 37.4 Å². The van der Waals surface area contributed by atoms with Gasteiger partial charge in [0.2, 0.25) is 0 Å². The van der Waals surface area contributed by atoms with E-state index >= 15 is 0 Å². The summed E-state index contributed by atoms with van der Waals surface area (Å²) in [5.41, 5.74) is 20.6. The molecule has 0 unspecified atom stereocenters. The molecule has 0 spiro atoms. The molecule has 11 aromatic rings. The van der Waals surface area contributed by atoms with Crippen LogP contribution in [0.4, 0.5) is 0 Å². The first-order chi connectivity index (χ1) is 33.9. The Kier molecular flexibility index (Phi) is 13.4. The Bertz CT molecular complexity index is 3820. The van der Waals surface area contributed by atoms with E-state index < -0.39 is 8.07 Å². The first-order valence-electron chi connectivity index (χ1n) is 24.5. The molecule has 0 atom stereocenters. The van der Waals surface area contributed by atoms with Crippen molar-refractivity contribution in [3.8, 4) is 55.9 Å². The van der Waals surface area contributed by atoms with Crippen LogP contribution in [-0.4, -0.2) is 8.07 Å². The molecular formula is C66H62IrN2O2Si-2. The molecule has 72 heavy (non-hydrogen) atoms. The van der Waals surface area contributed by atoms with E-state index in [0.29, 0.717) is 0 Å². The van der Waals surface area contributed by atoms with Crippen LogP contribution in [0, 0.1) is 47.2 Å². The standard InChI is InChI=1S/C38H26NO2.C28H36NSi.Ir/c1-23-20-32(39(3)22-31(23)25-11-5-4-6-12-25)36-24(2)19-29(37-28-14-8-10-16-34(28)41-38(36)37)26-17-18-35-30(21-26)27-13-7-9-15-33(27)40-35;1-20-16-25(21(2)15-24(20)22-13-11-10-12-14-22)26-17-23(18-28(3,4)5)27(19-29(26)6)30(7,8)9;/h4-22H,2-3H2,1H3;10-17,19H,2,6,18H2,1,3-5,7-9H3;/q2*-1;. The van der Waals surface area contributed by atoms with Crippen molar-refractivity contribution in [2.24, 2.45) is 5.41 Å². The molecule has 0 aliphatic carbocycles. The van der Waals surface area contributed by atoms with E-state index in [1.807, 2.05) is 41.0 Å². The summed E-state index contributed by atoms with van der Waals surface area (Å²) < 4.78 is 16.7. The van der Waals surface area contributed by atoms with Gasteiger partial charge in [-0.1, -0.05) is 189 Å². The fraction of sp³-hybridized carbons (Fsp3) is 0.152. The van der Waals surface area contributed by atoms with Crippen LogP contribution in [0.2, 0.25) is 19.6 Å².